The van der Waals surface area contributed by atoms with E-state index in [-0.39, 0.29) is 17.7 Å². The lowest BCUT2D eigenvalue weighted by molar-refractivity contribution is -0.117. The maximum atomic E-state index is 12.8. The minimum Gasteiger partial charge on any atom is -0.322 e. The Bertz CT molecular complexity index is 892. The Kier molecular flexibility index (Phi) is 4.62. The van der Waals surface area contributed by atoms with Crippen LogP contribution in [0.5, 0.6) is 0 Å². The number of para-hydroxylation sites is 1. The van der Waals surface area contributed by atoms with Crippen molar-refractivity contribution in [3.63, 3.8) is 0 Å². The van der Waals surface area contributed by atoms with E-state index in [0.717, 1.165) is 25.1 Å². The Morgan fingerprint density at radius 2 is 1.44 bits per heavy atom. The third kappa shape index (κ3) is 3.43. The number of carbonyl (C=O) groups is 3. The van der Waals surface area contributed by atoms with Crippen molar-refractivity contribution in [1.29, 1.82) is 0 Å². The zero-order valence-corrected chi connectivity index (χ0v) is 15.0. The number of benzene rings is 2. The van der Waals surface area contributed by atoms with Crippen molar-refractivity contribution in [3.8, 4) is 0 Å². The third-order valence-electron chi connectivity index (χ3n) is 5.02. The third-order valence-corrected chi connectivity index (χ3v) is 5.02. The minimum absolute atomic E-state index is 0.0508. The fraction of sp³-hybridized carbons (Fsp3) is 0.286. The van der Waals surface area contributed by atoms with Crippen LogP contribution in [0.4, 0.5) is 17.1 Å². The van der Waals surface area contributed by atoms with Gasteiger partial charge in [0.05, 0.1) is 11.3 Å². The summed E-state index contributed by atoms with van der Waals surface area (Å²) in [6, 6.07) is 14.4. The molecule has 0 bridgehead atoms. The van der Waals surface area contributed by atoms with Crippen LogP contribution in [0.1, 0.15) is 36.0 Å². The van der Waals surface area contributed by atoms with Crippen molar-refractivity contribution in [2.75, 3.05) is 28.2 Å². The van der Waals surface area contributed by atoms with Gasteiger partial charge in [-0.25, -0.2) is 0 Å². The van der Waals surface area contributed by atoms with Crippen LogP contribution in [0.25, 0.3) is 0 Å². The van der Waals surface area contributed by atoms with Crippen LogP contribution in [-0.4, -0.2) is 30.8 Å². The summed E-state index contributed by atoms with van der Waals surface area (Å²) in [4.78, 5) is 40.1. The van der Waals surface area contributed by atoms with Gasteiger partial charge in [0, 0.05) is 37.3 Å². The largest absolute Gasteiger partial charge is 0.322 e. The molecule has 2 fully saturated rings. The van der Waals surface area contributed by atoms with Gasteiger partial charge >= 0.3 is 0 Å². The molecule has 2 aromatic rings. The molecule has 2 aliphatic heterocycles. The van der Waals surface area contributed by atoms with Gasteiger partial charge in [-0.05, 0) is 49.2 Å². The zero-order valence-electron chi connectivity index (χ0n) is 15.0. The van der Waals surface area contributed by atoms with Gasteiger partial charge < -0.3 is 15.1 Å². The van der Waals surface area contributed by atoms with E-state index >= 15 is 0 Å². The molecule has 2 heterocycles. The van der Waals surface area contributed by atoms with Gasteiger partial charge in [0.1, 0.15) is 0 Å². The van der Waals surface area contributed by atoms with E-state index in [1.807, 2.05) is 18.2 Å². The predicted octanol–water partition coefficient (Wildman–Crippen LogP) is 3.19. The molecule has 0 aromatic heterocycles. The van der Waals surface area contributed by atoms with Crippen LogP contribution >= 0.6 is 0 Å². The normalized spacial score (nSPS) is 16.9. The molecule has 0 unspecified atom stereocenters. The Hall–Kier alpha value is -3.15. The maximum Gasteiger partial charge on any atom is 0.257 e. The molecule has 2 saturated heterocycles. The fourth-order valence-corrected chi connectivity index (χ4v) is 3.65. The Balaban J connectivity index is 1.51. The highest BCUT2D eigenvalue weighted by Crippen LogP contribution is 2.27. The lowest BCUT2D eigenvalue weighted by Gasteiger charge is -2.19. The summed E-state index contributed by atoms with van der Waals surface area (Å²) in [5.74, 6) is -0.0684. The van der Waals surface area contributed by atoms with Crippen molar-refractivity contribution < 1.29 is 14.4 Å². The van der Waals surface area contributed by atoms with Crippen LogP contribution in [0.3, 0.4) is 0 Å². The van der Waals surface area contributed by atoms with Gasteiger partial charge in [0.2, 0.25) is 11.8 Å². The monoisotopic (exact) mass is 363 g/mol. The van der Waals surface area contributed by atoms with E-state index in [1.165, 1.54) is 0 Å². The Labute approximate surface area is 157 Å². The van der Waals surface area contributed by atoms with E-state index in [0.29, 0.717) is 36.3 Å². The van der Waals surface area contributed by atoms with Crippen LogP contribution in [0.15, 0.2) is 48.5 Å². The molecule has 3 amide bonds. The number of nitrogens with one attached hydrogen (secondary N) is 1. The maximum absolute atomic E-state index is 12.8. The van der Waals surface area contributed by atoms with Crippen molar-refractivity contribution in [1.82, 2.24) is 0 Å². The number of anilines is 3. The van der Waals surface area contributed by atoms with Crippen molar-refractivity contribution in [2.45, 2.75) is 25.7 Å². The first-order valence-corrected chi connectivity index (χ1v) is 9.25. The van der Waals surface area contributed by atoms with Gasteiger partial charge in [-0.2, -0.15) is 0 Å². The topological polar surface area (TPSA) is 69.7 Å². The van der Waals surface area contributed by atoms with Crippen LogP contribution in [-0.2, 0) is 9.59 Å². The Morgan fingerprint density at radius 1 is 0.815 bits per heavy atom. The molecule has 4 rings (SSSR count). The highest BCUT2D eigenvalue weighted by atomic mass is 16.2. The molecular weight excluding hydrogens is 342 g/mol. The van der Waals surface area contributed by atoms with Gasteiger partial charge in [0.25, 0.3) is 5.91 Å². The fourth-order valence-electron chi connectivity index (χ4n) is 3.65. The lowest BCUT2D eigenvalue weighted by atomic mass is 10.1. The number of amides is 3. The molecule has 0 saturated carbocycles. The molecule has 2 aromatic carbocycles. The molecule has 0 aliphatic carbocycles. The van der Waals surface area contributed by atoms with Gasteiger partial charge in [-0.15, -0.1) is 0 Å². The summed E-state index contributed by atoms with van der Waals surface area (Å²) < 4.78 is 0. The number of rotatable bonds is 4. The molecule has 1 N–H and O–H groups in total. The molecule has 0 spiro atoms. The average molecular weight is 363 g/mol. The van der Waals surface area contributed by atoms with E-state index in [1.54, 1.807) is 40.1 Å². The second-order valence-corrected chi connectivity index (χ2v) is 6.82. The summed E-state index contributed by atoms with van der Waals surface area (Å²) in [6.45, 7) is 1.38. The van der Waals surface area contributed by atoms with E-state index in [4.69, 9.17) is 0 Å². The molecule has 0 radical (unpaired) electrons. The van der Waals surface area contributed by atoms with Crippen LogP contribution in [0, 0.1) is 0 Å². The highest BCUT2D eigenvalue weighted by molar-refractivity contribution is 6.11. The molecule has 2 aliphatic rings. The molecule has 138 valence electrons. The summed E-state index contributed by atoms with van der Waals surface area (Å²) in [5.41, 5.74) is 2.62. The van der Waals surface area contributed by atoms with Gasteiger partial charge in [-0.1, -0.05) is 12.1 Å². The molecule has 27 heavy (non-hydrogen) atoms. The second-order valence-electron chi connectivity index (χ2n) is 6.82. The summed E-state index contributed by atoms with van der Waals surface area (Å²) in [7, 11) is 0. The zero-order chi connectivity index (χ0) is 18.8. The van der Waals surface area contributed by atoms with Gasteiger partial charge in [-0.3, -0.25) is 14.4 Å². The van der Waals surface area contributed by atoms with E-state index in [2.05, 4.69) is 5.32 Å². The quantitative estimate of drug-likeness (QED) is 0.907. The molecule has 0 atom stereocenters. The highest BCUT2D eigenvalue weighted by Gasteiger charge is 2.26. The van der Waals surface area contributed by atoms with E-state index in [9.17, 15) is 14.4 Å². The molecule has 6 nitrogen and oxygen atoms in total. The van der Waals surface area contributed by atoms with Crippen LogP contribution < -0.4 is 15.1 Å². The summed E-state index contributed by atoms with van der Waals surface area (Å²) >= 11 is 0. The van der Waals surface area contributed by atoms with E-state index < -0.39 is 0 Å². The first-order chi connectivity index (χ1) is 13.1. The second kappa shape index (κ2) is 7.23. The van der Waals surface area contributed by atoms with Crippen molar-refractivity contribution in [2.24, 2.45) is 0 Å². The number of carbonyl (C=O) groups excluding carboxylic acids is 3. The SMILES string of the molecule is O=C(Nc1ccc(N2CCCC2=O)cc1)c1ccccc1N1CCCC1=O. The molecular formula is C21H21N3O3. The van der Waals surface area contributed by atoms with Crippen molar-refractivity contribution in [3.05, 3.63) is 54.1 Å². The summed E-state index contributed by atoms with van der Waals surface area (Å²) in [6.07, 6.45) is 2.80. The number of hydrogen-bond donors (Lipinski definition) is 1. The summed E-state index contributed by atoms with van der Waals surface area (Å²) in [5, 5.41) is 2.89. The van der Waals surface area contributed by atoms with Crippen molar-refractivity contribution >= 4 is 34.8 Å². The minimum atomic E-state index is -0.254. The number of nitrogens with zero attached hydrogens (tertiary/aromatic N) is 2. The van der Waals surface area contributed by atoms with Crippen LogP contribution in [0.2, 0.25) is 0 Å². The smallest absolute Gasteiger partial charge is 0.257 e. The van der Waals surface area contributed by atoms with Gasteiger partial charge in [0.15, 0.2) is 0 Å². The Morgan fingerprint density at radius 3 is 2.07 bits per heavy atom. The number of hydrogen-bond acceptors (Lipinski definition) is 3. The lowest BCUT2D eigenvalue weighted by Crippen LogP contribution is -2.27. The average Bonchev–Trinajstić information content (AvgIpc) is 3.30. The standard InChI is InChI=1S/C21H21N3O3/c25-19-7-3-13-23(19)16-11-9-15(10-12-16)22-21(27)17-5-1-2-6-18(17)24-14-4-8-20(24)26/h1-2,5-6,9-12H,3-4,7-8,13-14H2,(H,22,27). The molecule has 6 heteroatoms. The first kappa shape index (κ1) is 17.3. The predicted molar refractivity (Wildman–Crippen MR) is 104 cm³/mol. The first-order valence-electron chi connectivity index (χ1n) is 9.25.